The van der Waals surface area contributed by atoms with Crippen LogP contribution < -0.4 is 0 Å². The Balaban J connectivity index is 2.71. The van der Waals surface area contributed by atoms with E-state index in [1.54, 1.807) is 0 Å². The molecule has 1 heterocycles. The number of hydrogen-bond acceptors (Lipinski definition) is 1. The van der Waals surface area contributed by atoms with Crippen molar-refractivity contribution in [3.05, 3.63) is 46.0 Å². The van der Waals surface area contributed by atoms with E-state index in [1.165, 1.54) is 16.8 Å². The lowest BCUT2D eigenvalue weighted by atomic mass is 9.92. The summed E-state index contributed by atoms with van der Waals surface area (Å²) in [6.07, 6.45) is 2.01. The Kier molecular flexibility index (Phi) is 3.20. The second-order valence-electron chi connectivity index (χ2n) is 5.91. The molecule has 3 heteroatoms. The van der Waals surface area contributed by atoms with Crippen LogP contribution in [0, 0.1) is 18.6 Å². The normalized spacial score (nSPS) is 11.8. The van der Waals surface area contributed by atoms with Crippen molar-refractivity contribution in [2.24, 2.45) is 0 Å². The molecule has 0 atom stereocenters. The number of H-pyrrole nitrogens is 1. The summed E-state index contributed by atoms with van der Waals surface area (Å²) in [6, 6.07) is 6.52. The van der Waals surface area contributed by atoms with Gasteiger partial charge in [0.05, 0.1) is 0 Å². The lowest BCUT2D eigenvalue weighted by molar-refractivity contribution is 0.555. The smallest absolute Gasteiger partial charge is 0.182 e. The van der Waals surface area contributed by atoms with Gasteiger partial charge in [-0.1, -0.05) is 26.8 Å². The molecule has 1 aromatic carbocycles. The first kappa shape index (κ1) is 13.1. The molecule has 1 aromatic heterocycles. The van der Waals surface area contributed by atoms with Crippen LogP contribution in [0.1, 0.15) is 37.6 Å². The maximum atomic E-state index is 5.42. The Bertz CT molecular complexity index is 606. The van der Waals surface area contributed by atoms with Gasteiger partial charge in [0.1, 0.15) is 0 Å². The highest BCUT2D eigenvalue weighted by molar-refractivity contribution is 7.71. The van der Waals surface area contributed by atoms with Crippen molar-refractivity contribution in [3.8, 4) is 5.69 Å². The fourth-order valence-electron chi connectivity index (χ4n) is 2.26. The number of imidazole rings is 1. The van der Waals surface area contributed by atoms with Gasteiger partial charge >= 0.3 is 0 Å². The van der Waals surface area contributed by atoms with Crippen LogP contribution in [-0.4, -0.2) is 9.55 Å². The minimum atomic E-state index is 0.0607. The van der Waals surface area contributed by atoms with Gasteiger partial charge in [0, 0.05) is 23.0 Å². The number of nitrogens with zero attached hydrogens (tertiary/aromatic N) is 1. The van der Waals surface area contributed by atoms with Gasteiger partial charge in [0.15, 0.2) is 4.77 Å². The van der Waals surface area contributed by atoms with Crippen molar-refractivity contribution in [2.75, 3.05) is 0 Å². The summed E-state index contributed by atoms with van der Waals surface area (Å²) in [5.41, 5.74) is 4.92. The predicted molar refractivity (Wildman–Crippen MR) is 79.1 cm³/mol. The monoisotopic (exact) mass is 260 g/mol. The molecule has 0 radical (unpaired) electrons. The number of aryl methyl sites for hydroxylation is 2. The zero-order valence-corrected chi connectivity index (χ0v) is 12.5. The van der Waals surface area contributed by atoms with Crippen LogP contribution in [0.2, 0.25) is 0 Å². The highest BCUT2D eigenvalue weighted by Gasteiger charge is 2.20. The second kappa shape index (κ2) is 4.39. The minimum Gasteiger partial charge on any atom is -0.337 e. The van der Waals surface area contributed by atoms with Gasteiger partial charge in [-0.25, -0.2) is 0 Å². The third kappa shape index (κ3) is 2.41. The molecule has 0 aliphatic carbocycles. The summed E-state index contributed by atoms with van der Waals surface area (Å²) in [5.74, 6) is 0. The summed E-state index contributed by atoms with van der Waals surface area (Å²) < 4.78 is 2.89. The Morgan fingerprint density at radius 1 is 1.06 bits per heavy atom. The predicted octanol–water partition coefficient (Wildman–Crippen LogP) is 4.45. The Labute approximate surface area is 114 Å². The standard InChI is InChI=1S/C15H20N2S/c1-10-6-11(2)8-12(7-10)17-13(15(3,4)5)9-16-14(17)18/h6-9H,1-5H3,(H,16,18). The Morgan fingerprint density at radius 3 is 2.11 bits per heavy atom. The Morgan fingerprint density at radius 2 is 1.61 bits per heavy atom. The number of rotatable bonds is 1. The molecule has 0 amide bonds. The van der Waals surface area contributed by atoms with Gasteiger partial charge in [-0.3, -0.25) is 4.57 Å². The quantitative estimate of drug-likeness (QED) is 0.751. The first-order valence-corrected chi connectivity index (χ1v) is 6.59. The van der Waals surface area contributed by atoms with Crippen LogP contribution >= 0.6 is 12.2 Å². The summed E-state index contributed by atoms with van der Waals surface area (Å²) in [6.45, 7) is 10.8. The average molecular weight is 260 g/mol. The van der Waals surface area contributed by atoms with Crippen molar-refractivity contribution in [2.45, 2.75) is 40.0 Å². The fourth-order valence-corrected chi connectivity index (χ4v) is 2.52. The molecular weight excluding hydrogens is 240 g/mol. The topological polar surface area (TPSA) is 20.7 Å². The maximum Gasteiger partial charge on any atom is 0.182 e. The van der Waals surface area contributed by atoms with Crippen molar-refractivity contribution >= 4 is 12.2 Å². The van der Waals surface area contributed by atoms with Gasteiger partial charge in [0.25, 0.3) is 0 Å². The zero-order chi connectivity index (χ0) is 13.5. The van der Waals surface area contributed by atoms with E-state index in [9.17, 15) is 0 Å². The minimum absolute atomic E-state index is 0.0607. The summed E-state index contributed by atoms with van der Waals surface area (Å²) in [5, 5.41) is 0. The summed E-state index contributed by atoms with van der Waals surface area (Å²) >= 11 is 5.42. The molecular formula is C15H20N2S. The molecule has 0 saturated carbocycles. The lowest BCUT2D eigenvalue weighted by Gasteiger charge is -2.21. The van der Waals surface area contributed by atoms with Crippen LogP contribution in [0.15, 0.2) is 24.4 Å². The van der Waals surface area contributed by atoms with Crippen molar-refractivity contribution in [1.29, 1.82) is 0 Å². The van der Waals surface area contributed by atoms with Crippen LogP contribution in [0.3, 0.4) is 0 Å². The maximum absolute atomic E-state index is 5.42. The largest absolute Gasteiger partial charge is 0.337 e. The van der Waals surface area contributed by atoms with E-state index in [1.807, 2.05) is 6.20 Å². The van der Waals surface area contributed by atoms with Gasteiger partial charge in [-0.05, 0) is 49.3 Å². The molecule has 0 fully saturated rings. The first-order chi connectivity index (χ1) is 8.29. The van der Waals surface area contributed by atoms with Crippen molar-refractivity contribution in [1.82, 2.24) is 9.55 Å². The van der Waals surface area contributed by atoms with Gasteiger partial charge in [-0.2, -0.15) is 0 Å². The number of benzene rings is 1. The van der Waals surface area contributed by atoms with E-state index in [-0.39, 0.29) is 5.41 Å². The first-order valence-electron chi connectivity index (χ1n) is 6.18. The molecule has 0 spiro atoms. The van der Waals surface area contributed by atoms with Crippen LogP contribution in [0.25, 0.3) is 5.69 Å². The van der Waals surface area contributed by atoms with E-state index < -0.39 is 0 Å². The van der Waals surface area contributed by atoms with Crippen molar-refractivity contribution in [3.63, 3.8) is 0 Å². The van der Waals surface area contributed by atoms with Gasteiger partial charge < -0.3 is 4.98 Å². The average Bonchev–Trinajstić information content (AvgIpc) is 2.57. The molecule has 2 aromatic rings. The molecule has 0 aliphatic rings. The zero-order valence-electron chi connectivity index (χ0n) is 11.7. The van der Waals surface area contributed by atoms with Crippen molar-refractivity contribution < 1.29 is 0 Å². The molecule has 0 bridgehead atoms. The molecule has 0 unspecified atom stereocenters. The van der Waals surface area contributed by atoms with E-state index >= 15 is 0 Å². The van der Waals surface area contributed by atoms with Gasteiger partial charge in [0.2, 0.25) is 0 Å². The van der Waals surface area contributed by atoms with Crippen LogP contribution in [0.5, 0.6) is 0 Å². The molecule has 1 N–H and O–H groups in total. The van der Waals surface area contributed by atoms with Crippen LogP contribution in [-0.2, 0) is 5.41 Å². The fraction of sp³-hybridized carbons (Fsp3) is 0.400. The third-order valence-corrected chi connectivity index (χ3v) is 3.31. The molecule has 18 heavy (non-hydrogen) atoms. The molecule has 0 aliphatic heterocycles. The van der Waals surface area contributed by atoms with E-state index in [0.717, 1.165) is 10.5 Å². The van der Waals surface area contributed by atoms with Gasteiger partial charge in [-0.15, -0.1) is 0 Å². The molecule has 2 rings (SSSR count). The Hall–Kier alpha value is -1.35. The SMILES string of the molecule is Cc1cc(C)cc(-n2c(C(C)(C)C)c[nH]c2=S)c1. The second-order valence-corrected chi connectivity index (χ2v) is 6.30. The molecule has 2 nitrogen and oxygen atoms in total. The number of hydrogen-bond donors (Lipinski definition) is 1. The van der Waals surface area contributed by atoms with E-state index in [2.05, 4.69) is 62.4 Å². The molecule has 96 valence electrons. The van der Waals surface area contributed by atoms with Crippen LogP contribution in [0.4, 0.5) is 0 Å². The highest BCUT2D eigenvalue weighted by Crippen LogP contribution is 2.26. The third-order valence-electron chi connectivity index (χ3n) is 3.01. The highest BCUT2D eigenvalue weighted by atomic mass is 32.1. The summed E-state index contributed by atoms with van der Waals surface area (Å²) in [7, 11) is 0. The number of aromatic nitrogens is 2. The molecule has 0 saturated heterocycles. The summed E-state index contributed by atoms with van der Waals surface area (Å²) in [4.78, 5) is 3.16. The van der Waals surface area contributed by atoms with E-state index in [4.69, 9.17) is 12.2 Å². The van der Waals surface area contributed by atoms with E-state index in [0.29, 0.717) is 0 Å². The number of nitrogens with one attached hydrogen (secondary N) is 1. The number of aromatic amines is 1. The lowest BCUT2D eigenvalue weighted by Crippen LogP contribution is -2.16.